The van der Waals surface area contributed by atoms with Gasteiger partial charge in [0.25, 0.3) is 0 Å². The molecule has 0 saturated heterocycles. The Morgan fingerprint density at radius 1 is 0.818 bits per heavy atom. The Morgan fingerprint density at radius 2 is 1.50 bits per heavy atom. The van der Waals surface area contributed by atoms with Crippen LogP contribution in [0.1, 0.15) is 4.44 Å². The van der Waals surface area contributed by atoms with Crippen molar-refractivity contribution in [3.63, 3.8) is 0 Å². The Balaban J connectivity index is 1.98. The number of rotatable bonds is 3. The number of hydrogen-bond donors (Lipinski definition) is 0. The van der Waals surface area contributed by atoms with Crippen LogP contribution in [0.15, 0.2) is 48.5 Å². The quantitative estimate of drug-likeness (QED) is 0.615. The van der Waals surface area contributed by atoms with Crippen LogP contribution in [0.25, 0.3) is 21.1 Å². The van der Waals surface area contributed by atoms with Crippen LogP contribution in [-0.2, 0) is 0 Å². The van der Waals surface area contributed by atoms with Crippen molar-refractivity contribution in [1.82, 2.24) is 0 Å². The number of aryl methyl sites for hydroxylation is 1. The molecule has 3 rings (SSSR count). The minimum absolute atomic E-state index is 0.0850. The van der Waals surface area contributed by atoms with E-state index in [1.165, 1.54) is 28.1 Å². The molecule has 2 aromatic carbocycles. The normalized spacial score (nSPS) is 10.7. The van der Waals surface area contributed by atoms with E-state index in [9.17, 15) is 8.78 Å². The van der Waals surface area contributed by atoms with Crippen LogP contribution in [0.4, 0.5) is 8.78 Å². The second kappa shape index (κ2) is 6.07. The summed E-state index contributed by atoms with van der Waals surface area (Å²) < 4.78 is 35.4. The van der Waals surface area contributed by atoms with Gasteiger partial charge in [0.1, 0.15) is 0 Å². The maximum absolute atomic E-state index is 14.1. The monoisotopic (exact) mass is 364 g/mol. The summed E-state index contributed by atoms with van der Waals surface area (Å²) in [6, 6.07) is 14.8. The van der Waals surface area contributed by atoms with Crippen LogP contribution in [-0.4, -0.2) is 21.6 Å². The van der Waals surface area contributed by atoms with E-state index < -0.39 is 11.6 Å². The number of ether oxygens (including phenoxy) is 1. The molecule has 112 valence electrons. The summed E-state index contributed by atoms with van der Waals surface area (Å²) in [6.45, 7) is 2.12. The molecule has 0 unspecified atom stereocenters. The van der Waals surface area contributed by atoms with Gasteiger partial charge >= 0.3 is 134 Å². The zero-order valence-electron chi connectivity index (χ0n) is 12.2. The summed E-state index contributed by atoms with van der Waals surface area (Å²) in [6.07, 6.45) is 0. The zero-order valence-corrected chi connectivity index (χ0v) is 13.9. The Labute approximate surface area is 133 Å². The van der Waals surface area contributed by atoms with Crippen molar-refractivity contribution >= 4 is 14.5 Å². The molecule has 0 spiro atoms. The molecule has 0 aliphatic carbocycles. The summed E-state index contributed by atoms with van der Waals surface area (Å²) >= 11 is 0.360. The van der Waals surface area contributed by atoms with Gasteiger partial charge in [-0.25, -0.2) is 0 Å². The van der Waals surface area contributed by atoms with Crippen LogP contribution in [0.2, 0.25) is 0 Å². The molecular formula is C18H14F2OSe. The maximum atomic E-state index is 14.1. The van der Waals surface area contributed by atoms with Crippen LogP contribution >= 0.6 is 0 Å². The van der Waals surface area contributed by atoms with Crippen molar-refractivity contribution in [2.24, 2.45) is 0 Å². The van der Waals surface area contributed by atoms with Gasteiger partial charge in [-0.3, -0.25) is 0 Å². The third kappa shape index (κ3) is 2.72. The van der Waals surface area contributed by atoms with Crippen molar-refractivity contribution in [2.75, 3.05) is 7.11 Å². The molecule has 0 saturated carbocycles. The fourth-order valence-corrected chi connectivity index (χ4v) is 4.15. The van der Waals surface area contributed by atoms with Gasteiger partial charge in [0, 0.05) is 0 Å². The summed E-state index contributed by atoms with van der Waals surface area (Å²) in [7, 11) is 1.32. The first-order chi connectivity index (χ1) is 10.6. The number of methoxy groups -OCH3 is 1. The van der Waals surface area contributed by atoms with Gasteiger partial charge in [0.15, 0.2) is 0 Å². The SMILES string of the molecule is COc1ccc(-c2ccc(-c3ccc(C)[se]3)cc2)c(F)c1F. The summed E-state index contributed by atoms with van der Waals surface area (Å²) in [5.41, 5.74) is 2.02. The van der Waals surface area contributed by atoms with Crippen molar-refractivity contribution in [3.05, 3.63) is 64.6 Å². The fourth-order valence-electron chi connectivity index (χ4n) is 2.32. The third-order valence-electron chi connectivity index (χ3n) is 3.49. The molecule has 0 atom stereocenters. The van der Waals surface area contributed by atoms with Gasteiger partial charge in [0.2, 0.25) is 0 Å². The van der Waals surface area contributed by atoms with Gasteiger partial charge in [0.05, 0.1) is 0 Å². The molecule has 0 radical (unpaired) electrons. The third-order valence-corrected chi connectivity index (χ3v) is 5.69. The van der Waals surface area contributed by atoms with Crippen molar-refractivity contribution < 1.29 is 13.5 Å². The Bertz CT molecular complexity index is 806. The van der Waals surface area contributed by atoms with Crippen LogP contribution < -0.4 is 4.74 Å². The number of hydrogen-bond acceptors (Lipinski definition) is 1. The molecule has 0 aliphatic heterocycles. The Kier molecular flexibility index (Phi) is 4.14. The molecule has 0 N–H and O–H groups in total. The van der Waals surface area contributed by atoms with E-state index in [1.807, 2.05) is 24.3 Å². The van der Waals surface area contributed by atoms with Gasteiger partial charge < -0.3 is 0 Å². The average molecular weight is 363 g/mol. The van der Waals surface area contributed by atoms with Crippen molar-refractivity contribution in [2.45, 2.75) is 6.92 Å². The molecule has 1 heterocycles. The second-order valence-electron chi connectivity index (χ2n) is 4.93. The number of halogens is 2. The second-order valence-corrected chi connectivity index (χ2v) is 7.63. The first kappa shape index (κ1) is 15.0. The molecule has 1 nitrogen and oxygen atoms in total. The van der Waals surface area contributed by atoms with E-state index in [-0.39, 0.29) is 11.3 Å². The molecule has 3 aromatic rings. The molecular weight excluding hydrogens is 349 g/mol. The summed E-state index contributed by atoms with van der Waals surface area (Å²) in [5.74, 6) is -1.92. The van der Waals surface area contributed by atoms with Gasteiger partial charge in [-0.05, 0) is 0 Å². The van der Waals surface area contributed by atoms with Gasteiger partial charge in [-0.15, -0.1) is 0 Å². The van der Waals surface area contributed by atoms with E-state index in [0.717, 1.165) is 5.56 Å². The molecule has 0 aliphatic rings. The van der Waals surface area contributed by atoms with E-state index in [0.29, 0.717) is 20.1 Å². The van der Waals surface area contributed by atoms with Crippen LogP contribution in [0.3, 0.4) is 0 Å². The van der Waals surface area contributed by atoms with E-state index in [2.05, 4.69) is 19.1 Å². The predicted molar refractivity (Wildman–Crippen MR) is 85.5 cm³/mol. The first-order valence-electron chi connectivity index (χ1n) is 6.79. The minimum atomic E-state index is -0.953. The fraction of sp³-hybridized carbons (Fsp3) is 0.111. The molecule has 1 aromatic heterocycles. The van der Waals surface area contributed by atoms with Crippen molar-refractivity contribution in [3.8, 4) is 26.9 Å². The first-order valence-corrected chi connectivity index (χ1v) is 8.50. The summed E-state index contributed by atoms with van der Waals surface area (Å²) in [5, 5.41) is 0. The molecule has 0 bridgehead atoms. The zero-order chi connectivity index (χ0) is 15.7. The topological polar surface area (TPSA) is 9.23 Å². The standard InChI is InChI=1S/C18H14F2OSe/c1-11-3-10-16(22-11)13-6-4-12(5-7-13)14-8-9-15(21-2)18(20)17(14)19/h3-10H,1-2H3. The molecule has 22 heavy (non-hydrogen) atoms. The molecule has 0 amide bonds. The van der Waals surface area contributed by atoms with Crippen LogP contribution in [0.5, 0.6) is 5.75 Å². The van der Waals surface area contributed by atoms with E-state index in [4.69, 9.17) is 4.74 Å². The van der Waals surface area contributed by atoms with E-state index >= 15 is 0 Å². The van der Waals surface area contributed by atoms with E-state index in [1.54, 1.807) is 0 Å². The van der Waals surface area contributed by atoms with Crippen LogP contribution in [0, 0.1) is 18.6 Å². The predicted octanol–water partition coefficient (Wildman–Crippen LogP) is 4.67. The van der Waals surface area contributed by atoms with Gasteiger partial charge in [-0.1, -0.05) is 0 Å². The summed E-state index contributed by atoms with van der Waals surface area (Å²) in [4.78, 5) is 0. The molecule has 0 fully saturated rings. The number of benzene rings is 2. The Morgan fingerprint density at radius 3 is 2.09 bits per heavy atom. The Hall–Kier alpha value is -1.90. The average Bonchev–Trinajstić information content (AvgIpc) is 2.97. The molecule has 4 heteroatoms. The van der Waals surface area contributed by atoms with Crippen molar-refractivity contribution in [1.29, 1.82) is 0 Å². The van der Waals surface area contributed by atoms with Gasteiger partial charge in [-0.2, -0.15) is 0 Å².